The van der Waals surface area contributed by atoms with Crippen molar-refractivity contribution in [3.63, 3.8) is 0 Å². The first-order valence-electron chi connectivity index (χ1n) is 7.08. The van der Waals surface area contributed by atoms with Gasteiger partial charge in [0, 0.05) is 46.8 Å². The summed E-state index contributed by atoms with van der Waals surface area (Å²) in [5.74, 6) is 1.15. The Labute approximate surface area is 124 Å². The highest BCUT2D eigenvalue weighted by molar-refractivity contribution is 8.00. The molecule has 0 spiro atoms. The van der Waals surface area contributed by atoms with E-state index in [2.05, 4.69) is 47.6 Å². The first kappa shape index (κ1) is 13.6. The molecule has 0 amide bonds. The summed E-state index contributed by atoms with van der Waals surface area (Å²) in [6.07, 6.45) is 4.87. The summed E-state index contributed by atoms with van der Waals surface area (Å²) < 4.78 is 0.365. The summed E-state index contributed by atoms with van der Waals surface area (Å²) in [5, 5.41) is 2.21. The lowest BCUT2D eigenvalue weighted by Crippen LogP contribution is -2.27. The van der Waals surface area contributed by atoms with Crippen molar-refractivity contribution in [3.8, 4) is 0 Å². The zero-order chi connectivity index (χ0) is 14.2. The molecule has 1 aromatic carbocycles. The van der Waals surface area contributed by atoms with Gasteiger partial charge in [-0.25, -0.2) is 0 Å². The van der Waals surface area contributed by atoms with Crippen LogP contribution in [0.1, 0.15) is 20.3 Å². The second kappa shape index (κ2) is 5.17. The molecule has 0 aliphatic carbocycles. The average molecular weight is 287 g/mol. The van der Waals surface area contributed by atoms with E-state index < -0.39 is 0 Å². The second-order valence-corrected chi connectivity index (χ2v) is 7.74. The molecule has 0 saturated carbocycles. The number of thioether (sulfide) groups is 1. The predicted octanol–water partition coefficient (Wildman–Crippen LogP) is 3.54. The Morgan fingerprint density at radius 2 is 2.10 bits per heavy atom. The molecule has 2 N–H and O–H groups in total. The topological polar surface area (TPSA) is 42.2 Å². The maximum absolute atomic E-state index is 6.39. The first-order chi connectivity index (χ1) is 9.57. The molecule has 2 heterocycles. The van der Waals surface area contributed by atoms with E-state index in [4.69, 9.17) is 5.73 Å². The quantitative estimate of drug-likeness (QED) is 0.815. The largest absolute Gasteiger partial charge is 0.397 e. The van der Waals surface area contributed by atoms with Gasteiger partial charge in [0.25, 0.3) is 0 Å². The van der Waals surface area contributed by atoms with Crippen LogP contribution in [0.25, 0.3) is 10.8 Å². The van der Waals surface area contributed by atoms with Crippen LogP contribution in [0.3, 0.4) is 0 Å². The summed E-state index contributed by atoms with van der Waals surface area (Å²) >= 11 is 2.06. The van der Waals surface area contributed by atoms with Gasteiger partial charge in [0.2, 0.25) is 0 Å². The highest BCUT2D eigenvalue weighted by Gasteiger charge is 2.24. The Hall–Kier alpha value is -1.42. The van der Waals surface area contributed by atoms with Crippen molar-refractivity contribution in [2.24, 2.45) is 0 Å². The van der Waals surface area contributed by atoms with Crippen molar-refractivity contribution in [1.29, 1.82) is 0 Å². The average Bonchev–Trinajstić information content (AvgIpc) is 2.61. The summed E-state index contributed by atoms with van der Waals surface area (Å²) in [4.78, 5) is 6.59. The van der Waals surface area contributed by atoms with Crippen LogP contribution in [0.2, 0.25) is 0 Å². The van der Waals surface area contributed by atoms with Crippen LogP contribution in [0, 0.1) is 0 Å². The standard InChI is InChI=1S/C16H21N3S/c1-16(2)6-8-19(9-10-20-16)14-4-3-12-11-18-7-5-13(12)15(14)17/h3-5,7,11H,6,8-10,17H2,1-2H3. The number of hydrogen-bond acceptors (Lipinski definition) is 4. The van der Waals surface area contributed by atoms with Gasteiger partial charge >= 0.3 is 0 Å². The van der Waals surface area contributed by atoms with Crippen molar-refractivity contribution in [1.82, 2.24) is 4.98 Å². The summed E-state index contributed by atoms with van der Waals surface area (Å²) in [5.41, 5.74) is 8.44. The molecule has 0 bridgehead atoms. The van der Waals surface area contributed by atoms with Crippen molar-refractivity contribution in [2.75, 3.05) is 29.5 Å². The van der Waals surface area contributed by atoms with Crippen LogP contribution >= 0.6 is 11.8 Å². The molecule has 20 heavy (non-hydrogen) atoms. The number of nitrogens with zero attached hydrogens (tertiary/aromatic N) is 2. The summed E-state index contributed by atoms with van der Waals surface area (Å²) in [6, 6.07) is 6.27. The van der Waals surface area contributed by atoms with E-state index in [0.717, 1.165) is 35.3 Å². The number of aromatic nitrogens is 1. The number of nitrogens with two attached hydrogens (primary N) is 1. The molecule has 3 rings (SSSR count). The van der Waals surface area contributed by atoms with Crippen LogP contribution in [-0.4, -0.2) is 28.6 Å². The lowest BCUT2D eigenvalue weighted by Gasteiger charge is -2.26. The Balaban J connectivity index is 1.96. The van der Waals surface area contributed by atoms with E-state index in [1.165, 1.54) is 12.1 Å². The van der Waals surface area contributed by atoms with E-state index in [1.54, 1.807) is 0 Å². The first-order valence-corrected chi connectivity index (χ1v) is 8.06. The van der Waals surface area contributed by atoms with Crippen LogP contribution < -0.4 is 10.6 Å². The van der Waals surface area contributed by atoms with Gasteiger partial charge in [0.15, 0.2) is 0 Å². The number of anilines is 2. The number of nitrogen functional groups attached to an aromatic ring is 1. The Kier molecular flexibility index (Phi) is 3.50. The summed E-state index contributed by atoms with van der Waals surface area (Å²) in [7, 11) is 0. The smallest absolute Gasteiger partial charge is 0.0632 e. The molecule has 1 aliphatic heterocycles. The molecule has 106 valence electrons. The lowest BCUT2D eigenvalue weighted by atomic mass is 10.1. The van der Waals surface area contributed by atoms with Gasteiger partial charge in [-0.15, -0.1) is 0 Å². The summed E-state index contributed by atoms with van der Waals surface area (Å²) in [6.45, 7) is 6.79. The molecule has 1 aromatic heterocycles. The maximum atomic E-state index is 6.39. The third kappa shape index (κ3) is 2.57. The van der Waals surface area contributed by atoms with Gasteiger partial charge in [-0.1, -0.05) is 19.9 Å². The predicted molar refractivity (Wildman–Crippen MR) is 89.5 cm³/mol. The van der Waals surface area contributed by atoms with Gasteiger partial charge in [0.05, 0.1) is 11.4 Å². The van der Waals surface area contributed by atoms with Crippen LogP contribution in [0.15, 0.2) is 30.6 Å². The van der Waals surface area contributed by atoms with Crippen LogP contribution in [0.5, 0.6) is 0 Å². The minimum atomic E-state index is 0.365. The van der Waals surface area contributed by atoms with E-state index in [1.807, 2.05) is 18.5 Å². The highest BCUT2D eigenvalue weighted by atomic mass is 32.2. The zero-order valence-electron chi connectivity index (χ0n) is 12.1. The molecular weight excluding hydrogens is 266 g/mol. The van der Waals surface area contributed by atoms with E-state index in [9.17, 15) is 0 Å². The van der Waals surface area contributed by atoms with Crippen LogP contribution in [0.4, 0.5) is 11.4 Å². The van der Waals surface area contributed by atoms with Gasteiger partial charge < -0.3 is 10.6 Å². The molecular formula is C16H21N3S. The Morgan fingerprint density at radius 3 is 2.95 bits per heavy atom. The highest BCUT2D eigenvalue weighted by Crippen LogP contribution is 2.36. The van der Waals surface area contributed by atoms with E-state index >= 15 is 0 Å². The Morgan fingerprint density at radius 1 is 1.25 bits per heavy atom. The van der Waals surface area contributed by atoms with Gasteiger partial charge in [0.1, 0.15) is 0 Å². The third-order valence-electron chi connectivity index (χ3n) is 4.02. The number of benzene rings is 1. The van der Waals surface area contributed by atoms with Crippen molar-refractivity contribution < 1.29 is 0 Å². The van der Waals surface area contributed by atoms with Gasteiger partial charge in [-0.05, 0) is 18.6 Å². The number of pyridine rings is 1. The fourth-order valence-corrected chi connectivity index (χ4v) is 3.82. The van der Waals surface area contributed by atoms with E-state index in [0.29, 0.717) is 4.75 Å². The van der Waals surface area contributed by atoms with Crippen molar-refractivity contribution in [2.45, 2.75) is 25.0 Å². The number of hydrogen-bond donors (Lipinski definition) is 1. The molecule has 3 nitrogen and oxygen atoms in total. The van der Waals surface area contributed by atoms with E-state index in [-0.39, 0.29) is 0 Å². The fourth-order valence-electron chi connectivity index (χ4n) is 2.72. The van der Waals surface area contributed by atoms with Crippen molar-refractivity contribution >= 4 is 33.9 Å². The molecule has 1 fully saturated rings. The third-order valence-corrected chi connectivity index (χ3v) is 5.39. The lowest BCUT2D eigenvalue weighted by molar-refractivity contribution is 0.638. The molecule has 0 radical (unpaired) electrons. The van der Waals surface area contributed by atoms with Crippen molar-refractivity contribution in [3.05, 3.63) is 30.6 Å². The molecule has 4 heteroatoms. The minimum Gasteiger partial charge on any atom is -0.397 e. The monoisotopic (exact) mass is 287 g/mol. The fraction of sp³-hybridized carbons (Fsp3) is 0.438. The molecule has 0 atom stereocenters. The minimum absolute atomic E-state index is 0.365. The molecule has 1 aliphatic rings. The van der Waals surface area contributed by atoms with Gasteiger partial charge in [-0.2, -0.15) is 11.8 Å². The SMILES string of the molecule is CC1(C)CCN(c2ccc3cnccc3c2N)CCS1. The maximum Gasteiger partial charge on any atom is 0.0632 e. The number of rotatable bonds is 1. The van der Waals surface area contributed by atoms with Crippen LogP contribution in [-0.2, 0) is 0 Å². The second-order valence-electron chi connectivity index (χ2n) is 5.94. The molecule has 2 aromatic rings. The van der Waals surface area contributed by atoms with Gasteiger partial charge in [-0.3, -0.25) is 4.98 Å². The molecule has 0 unspecified atom stereocenters. The molecule has 1 saturated heterocycles. The Bertz CT molecular complexity index is 624. The zero-order valence-corrected chi connectivity index (χ0v) is 12.9. The normalized spacial score (nSPS) is 19.0. The number of fused-ring (bicyclic) bond motifs is 1.